The molecule has 2 amide bonds. The molecule has 0 heterocycles. The maximum Gasteiger partial charge on any atom is 0.262 e. The highest BCUT2D eigenvalue weighted by atomic mass is 16.5. The number of ether oxygens (including phenoxy) is 1. The van der Waals surface area contributed by atoms with E-state index < -0.39 is 0 Å². The van der Waals surface area contributed by atoms with Crippen molar-refractivity contribution in [3.8, 4) is 5.75 Å². The van der Waals surface area contributed by atoms with Crippen LogP contribution in [-0.4, -0.2) is 24.5 Å². The largest absolute Gasteiger partial charge is 0.484 e. The summed E-state index contributed by atoms with van der Waals surface area (Å²) in [6, 6.07) is 14.5. The number of para-hydroxylation sites is 1. The van der Waals surface area contributed by atoms with E-state index in [-0.39, 0.29) is 24.5 Å². The van der Waals surface area contributed by atoms with Gasteiger partial charge in [-0.2, -0.15) is 0 Å². The number of hydrogen-bond donors (Lipinski definition) is 2. The van der Waals surface area contributed by atoms with Crippen LogP contribution in [0.15, 0.2) is 48.5 Å². The zero-order valence-corrected chi connectivity index (χ0v) is 14.8. The van der Waals surface area contributed by atoms with Crippen LogP contribution in [0.2, 0.25) is 0 Å². The van der Waals surface area contributed by atoms with Gasteiger partial charge in [-0.3, -0.25) is 9.59 Å². The standard InChI is InChI=1S/C20H24N2O3/c1-4-15(3)21-20(24)17-10-5-6-11-18(17)22-19(23)13-25-16-9-7-8-14(2)12-16/h5-12,15H,4,13H2,1-3H3,(H,21,24)(H,22,23)/t15-/m0/s1. The quantitative estimate of drug-likeness (QED) is 0.810. The summed E-state index contributed by atoms with van der Waals surface area (Å²) in [5, 5.41) is 5.64. The predicted molar refractivity (Wildman–Crippen MR) is 99.0 cm³/mol. The molecule has 132 valence electrons. The van der Waals surface area contributed by atoms with E-state index in [1.54, 1.807) is 30.3 Å². The molecule has 0 saturated carbocycles. The monoisotopic (exact) mass is 340 g/mol. The average molecular weight is 340 g/mol. The molecule has 0 unspecified atom stereocenters. The van der Waals surface area contributed by atoms with Gasteiger partial charge >= 0.3 is 0 Å². The van der Waals surface area contributed by atoms with Crippen LogP contribution < -0.4 is 15.4 Å². The van der Waals surface area contributed by atoms with E-state index in [0.717, 1.165) is 12.0 Å². The summed E-state index contributed by atoms with van der Waals surface area (Å²) in [4.78, 5) is 24.5. The van der Waals surface area contributed by atoms with Crippen LogP contribution in [-0.2, 0) is 4.79 Å². The van der Waals surface area contributed by atoms with Gasteiger partial charge in [-0.25, -0.2) is 0 Å². The smallest absolute Gasteiger partial charge is 0.262 e. The van der Waals surface area contributed by atoms with Crippen LogP contribution in [0.3, 0.4) is 0 Å². The molecule has 0 spiro atoms. The molecular formula is C20H24N2O3. The second-order valence-corrected chi connectivity index (χ2v) is 5.98. The predicted octanol–water partition coefficient (Wildman–Crippen LogP) is 3.54. The first kappa shape index (κ1) is 18.5. The van der Waals surface area contributed by atoms with E-state index >= 15 is 0 Å². The number of benzene rings is 2. The molecule has 0 aromatic heterocycles. The number of carbonyl (C=O) groups is 2. The van der Waals surface area contributed by atoms with Gasteiger partial charge in [-0.1, -0.05) is 31.2 Å². The zero-order chi connectivity index (χ0) is 18.2. The number of rotatable bonds is 7. The minimum atomic E-state index is -0.315. The van der Waals surface area contributed by atoms with Crippen molar-refractivity contribution in [3.63, 3.8) is 0 Å². The lowest BCUT2D eigenvalue weighted by atomic mass is 10.1. The van der Waals surface area contributed by atoms with Crippen molar-refractivity contribution in [1.82, 2.24) is 5.32 Å². The van der Waals surface area contributed by atoms with Gasteiger partial charge in [0.1, 0.15) is 5.75 Å². The number of anilines is 1. The molecule has 1 atom stereocenters. The summed E-state index contributed by atoms with van der Waals surface area (Å²) in [6.45, 7) is 5.78. The molecule has 0 aliphatic rings. The van der Waals surface area contributed by atoms with Crippen molar-refractivity contribution >= 4 is 17.5 Å². The molecule has 5 heteroatoms. The number of nitrogens with one attached hydrogen (secondary N) is 2. The van der Waals surface area contributed by atoms with Crippen LogP contribution in [0, 0.1) is 6.92 Å². The Morgan fingerprint density at radius 3 is 2.60 bits per heavy atom. The van der Waals surface area contributed by atoms with Crippen LogP contribution >= 0.6 is 0 Å². The van der Waals surface area contributed by atoms with Gasteiger partial charge in [0.05, 0.1) is 11.3 Å². The molecule has 0 fully saturated rings. The summed E-state index contributed by atoms with van der Waals surface area (Å²) in [7, 11) is 0. The fourth-order valence-electron chi connectivity index (χ4n) is 2.23. The fourth-order valence-corrected chi connectivity index (χ4v) is 2.23. The summed E-state index contributed by atoms with van der Waals surface area (Å²) in [6.07, 6.45) is 0.838. The van der Waals surface area contributed by atoms with Crippen molar-refractivity contribution in [2.45, 2.75) is 33.2 Å². The number of aryl methyl sites for hydroxylation is 1. The van der Waals surface area contributed by atoms with Crippen molar-refractivity contribution in [1.29, 1.82) is 0 Å². The van der Waals surface area contributed by atoms with Crippen LogP contribution in [0.5, 0.6) is 5.75 Å². The van der Waals surface area contributed by atoms with E-state index in [0.29, 0.717) is 17.0 Å². The zero-order valence-electron chi connectivity index (χ0n) is 14.8. The molecule has 0 bridgehead atoms. The second-order valence-electron chi connectivity index (χ2n) is 5.98. The normalized spacial score (nSPS) is 11.5. The van der Waals surface area contributed by atoms with Gasteiger partial charge in [0, 0.05) is 6.04 Å². The molecule has 2 aromatic carbocycles. The highest BCUT2D eigenvalue weighted by Gasteiger charge is 2.14. The topological polar surface area (TPSA) is 67.4 Å². The van der Waals surface area contributed by atoms with Gasteiger partial charge in [-0.15, -0.1) is 0 Å². The molecule has 2 N–H and O–H groups in total. The van der Waals surface area contributed by atoms with E-state index in [1.807, 2.05) is 39.0 Å². The SMILES string of the molecule is CC[C@H](C)NC(=O)c1ccccc1NC(=O)COc1cccc(C)c1. The molecule has 2 aromatic rings. The molecule has 5 nitrogen and oxygen atoms in total. The third kappa shape index (κ3) is 5.64. The average Bonchev–Trinajstić information content (AvgIpc) is 2.60. The molecule has 0 saturated heterocycles. The molecule has 0 radical (unpaired) electrons. The summed E-state index contributed by atoms with van der Waals surface area (Å²) in [5.74, 6) is 0.119. The fraction of sp³-hybridized carbons (Fsp3) is 0.300. The van der Waals surface area contributed by atoms with E-state index in [9.17, 15) is 9.59 Å². The number of carbonyl (C=O) groups excluding carboxylic acids is 2. The lowest BCUT2D eigenvalue weighted by Gasteiger charge is -2.15. The Labute approximate surface area is 148 Å². The Kier molecular flexibility index (Phi) is 6.57. The third-order valence-corrected chi connectivity index (χ3v) is 3.80. The number of amides is 2. The van der Waals surface area contributed by atoms with Gasteiger partial charge < -0.3 is 15.4 Å². The third-order valence-electron chi connectivity index (χ3n) is 3.80. The first-order valence-electron chi connectivity index (χ1n) is 8.38. The minimum absolute atomic E-state index is 0.0703. The highest BCUT2D eigenvalue weighted by molar-refractivity contribution is 6.04. The maximum absolute atomic E-state index is 12.3. The van der Waals surface area contributed by atoms with E-state index in [4.69, 9.17) is 4.74 Å². The van der Waals surface area contributed by atoms with E-state index in [2.05, 4.69) is 10.6 Å². The van der Waals surface area contributed by atoms with Gasteiger partial charge in [0.2, 0.25) is 0 Å². The lowest BCUT2D eigenvalue weighted by molar-refractivity contribution is -0.118. The van der Waals surface area contributed by atoms with Crippen molar-refractivity contribution in [3.05, 3.63) is 59.7 Å². The summed E-state index contributed by atoms with van der Waals surface area (Å²) >= 11 is 0. The Morgan fingerprint density at radius 2 is 1.88 bits per heavy atom. The van der Waals surface area contributed by atoms with Gasteiger partial charge in [0.15, 0.2) is 6.61 Å². The molecule has 0 aliphatic carbocycles. The first-order valence-corrected chi connectivity index (χ1v) is 8.38. The highest BCUT2D eigenvalue weighted by Crippen LogP contribution is 2.16. The molecule has 25 heavy (non-hydrogen) atoms. The lowest BCUT2D eigenvalue weighted by Crippen LogP contribution is -2.33. The maximum atomic E-state index is 12.3. The van der Waals surface area contributed by atoms with Crippen molar-refractivity contribution in [2.24, 2.45) is 0 Å². The summed E-state index contributed by atoms with van der Waals surface area (Å²) in [5.41, 5.74) is 1.97. The minimum Gasteiger partial charge on any atom is -0.484 e. The van der Waals surface area contributed by atoms with Crippen LogP contribution in [0.4, 0.5) is 5.69 Å². The van der Waals surface area contributed by atoms with Crippen LogP contribution in [0.1, 0.15) is 36.2 Å². The Hall–Kier alpha value is -2.82. The first-order chi connectivity index (χ1) is 12.0. The molecular weight excluding hydrogens is 316 g/mol. The van der Waals surface area contributed by atoms with E-state index in [1.165, 1.54) is 0 Å². The van der Waals surface area contributed by atoms with Gasteiger partial charge in [-0.05, 0) is 50.1 Å². The molecule has 2 rings (SSSR count). The second kappa shape index (κ2) is 8.87. The Morgan fingerprint density at radius 1 is 1.12 bits per heavy atom. The van der Waals surface area contributed by atoms with Crippen LogP contribution in [0.25, 0.3) is 0 Å². The van der Waals surface area contributed by atoms with Gasteiger partial charge in [0.25, 0.3) is 11.8 Å². The summed E-state index contributed by atoms with van der Waals surface area (Å²) < 4.78 is 5.49. The number of hydrogen-bond acceptors (Lipinski definition) is 3. The molecule has 0 aliphatic heterocycles. The van der Waals surface area contributed by atoms with Crippen molar-refractivity contribution in [2.75, 3.05) is 11.9 Å². The Balaban J connectivity index is 1.99. The van der Waals surface area contributed by atoms with Crippen molar-refractivity contribution < 1.29 is 14.3 Å². The Bertz CT molecular complexity index is 743.